The SMILES string of the molecule is CN1CCCC1CNC/C=C/C(=O)O. The Bertz CT molecular complexity index is 216. The Balaban J connectivity index is 2.06. The molecule has 0 spiro atoms. The van der Waals surface area contributed by atoms with E-state index in [9.17, 15) is 4.79 Å². The lowest BCUT2D eigenvalue weighted by Gasteiger charge is -2.19. The number of hydrogen-bond acceptors (Lipinski definition) is 3. The second-order valence-electron chi connectivity index (χ2n) is 3.68. The molecule has 0 aromatic carbocycles. The van der Waals surface area contributed by atoms with Crippen molar-refractivity contribution in [3.63, 3.8) is 0 Å². The van der Waals surface area contributed by atoms with Crippen molar-refractivity contribution in [2.24, 2.45) is 0 Å². The van der Waals surface area contributed by atoms with Gasteiger partial charge in [0.05, 0.1) is 0 Å². The van der Waals surface area contributed by atoms with Gasteiger partial charge in [0.25, 0.3) is 0 Å². The van der Waals surface area contributed by atoms with Crippen molar-refractivity contribution in [3.8, 4) is 0 Å². The topological polar surface area (TPSA) is 52.6 Å². The molecule has 4 heteroatoms. The highest BCUT2D eigenvalue weighted by molar-refractivity contribution is 5.79. The van der Waals surface area contributed by atoms with E-state index in [1.54, 1.807) is 6.08 Å². The van der Waals surface area contributed by atoms with E-state index in [1.807, 2.05) is 0 Å². The lowest BCUT2D eigenvalue weighted by molar-refractivity contribution is -0.131. The molecule has 0 bridgehead atoms. The molecule has 2 N–H and O–H groups in total. The number of carboxylic acid groups (broad SMARTS) is 1. The summed E-state index contributed by atoms with van der Waals surface area (Å²) in [5.74, 6) is -0.884. The van der Waals surface area contributed by atoms with Crippen molar-refractivity contribution in [1.29, 1.82) is 0 Å². The summed E-state index contributed by atoms with van der Waals surface area (Å²) in [4.78, 5) is 12.5. The standard InChI is InChI=1S/C10H18N2O2/c1-12-7-3-4-9(12)8-11-6-2-5-10(13)14/h2,5,9,11H,3-4,6-8H2,1H3,(H,13,14)/b5-2+. The van der Waals surface area contributed by atoms with Gasteiger partial charge in [0, 0.05) is 25.2 Å². The molecule has 1 fully saturated rings. The average molecular weight is 198 g/mol. The molecule has 1 rings (SSSR count). The van der Waals surface area contributed by atoms with Crippen LogP contribution in [0, 0.1) is 0 Å². The molecular formula is C10H18N2O2. The summed E-state index contributed by atoms with van der Waals surface area (Å²) in [6, 6.07) is 0.619. The molecule has 1 heterocycles. The molecule has 0 aliphatic carbocycles. The lowest BCUT2D eigenvalue weighted by Crippen LogP contribution is -2.35. The molecular weight excluding hydrogens is 180 g/mol. The van der Waals surface area contributed by atoms with Crippen LogP contribution in [0.5, 0.6) is 0 Å². The maximum absolute atomic E-state index is 10.1. The maximum Gasteiger partial charge on any atom is 0.328 e. The first-order chi connectivity index (χ1) is 6.70. The van der Waals surface area contributed by atoms with Crippen molar-refractivity contribution in [3.05, 3.63) is 12.2 Å². The summed E-state index contributed by atoms with van der Waals surface area (Å²) in [5, 5.41) is 11.6. The fraction of sp³-hybridized carbons (Fsp3) is 0.700. The molecule has 0 aromatic heterocycles. The van der Waals surface area contributed by atoms with Crippen LogP contribution in [0.15, 0.2) is 12.2 Å². The number of aliphatic carboxylic acids is 1. The summed E-state index contributed by atoms with van der Waals surface area (Å²) in [7, 11) is 2.13. The Morgan fingerprint density at radius 3 is 3.07 bits per heavy atom. The van der Waals surface area contributed by atoms with E-state index in [1.165, 1.54) is 25.5 Å². The fourth-order valence-corrected chi connectivity index (χ4v) is 1.73. The van der Waals surface area contributed by atoms with Crippen LogP contribution in [0.1, 0.15) is 12.8 Å². The van der Waals surface area contributed by atoms with Crippen LogP contribution in [0.3, 0.4) is 0 Å². The molecule has 1 aliphatic rings. The highest BCUT2D eigenvalue weighted by Gasteiger charge is 2.19. The van der Waals surface area contributed by atoms with Crippen LogP contribution in [-0.2, 0) is 4.79 Å². The minimum Gasteiger partial charge on any atom is -0.478 e. The molecule has 1 atom stereocenters. The highest BCUT2D eigenvalue weighted by atomic mass is 16.4. The van der Waals surface area contributed by atoms with Gasteiger partial charge >= 0.3 is 5.97 Å². The third-order valence-electron chi connectivity index (χ3n) is 2.57. The van der Waals surface area contributed by atoms with Gasteiger partial charge in [0.2, 0.25) is 0 Å². The van der Waals surface area contributed by atoms with Gasteiger partial charge in [-0.15, -0.1) is 0 Å². The zero-order chi connectivity index (χ0) is 10.4. The largest absolute Gasteiger partial charge is 0.478 e. The molecule has 80 valence electrons. The van der Waals surface area contributed by atoms with Gasteiger partial charge in [-0.1, -0.05) is 6.08 Å². The van der Waals surface area contributed by atoms with Crippen molar-refractivity contribution in [2.75, 3.05) is 26.7 Å². The number of hydrogen-bond donors (Lipinski definition) is 2. The third-order valence-corrected chi connectivity index (χ3v) is 2.57. The smallest absolute Gasteiger partial charge is 0.328 e. The molecule has 0 amide bonds. The molecule has 0 aromatic rings. The third kappa shape index (κ3) is 3.89. The Morgan fingerprint density at radius 2 is 2.50 bits per heavy atom. The molecule has 0 saturated carbocycles. The number of carbonyl (C=O) groups is 1. The molecule has 1 saturated heterocycles. The van der Waals surface area contributed by atoms with E-state index >= 15 is 0 Å². The van der Waals surface area contributed by atoms with Crippen LogP contribution in [-0.4, -0.2) is 48.7 Å². The van der Waals surface area contributed by atoms with Crippen molar-refractivity contribution < 1.29 is 9.90 Å². The highest BCUT2D eigenvalue weighted by Crippen LogP contribution is 2.13. The summed E-state index contributed by atoms with van der Waals surface area (Å²) in [5.41, 5.74) is 0. The Labute approximate surface area is 84.6 Å². The van der Waals surface area contributed by atoms with Crippen LogP contribution in [0.2, 0.25) is 0 Å². The molecule has 1 aliphatic heterocycles. The summed E-state index contributed by atoms with van der Waals surface area (Å²) in [6.45, 7) is 2.76. The van der Waals surface area contributed by atoms with Gasteiger partial charge in [0.1, 0.15) is 0 Å². The van der Waals surface area contributed by atoms with Gasteiger partial charge in [-0.25, -0.2) is 4.79 Å². The molecule has 14 heavy (non-hydrogen) atoms. The van der Waals surface area contributed by atoms with Gasteiger partial charge in [-0.05, 0) is 26.4 Å². The van der Waals surface area contributed by atoms with E-state index in [-0.39, 0.29) is 0 Å². The van der Waals surface area contributed by atoms with Crippen molar-refractivity contribution in [2.45, 2.75) is 18.9 Å². The second-order valence-corrected chi connectivity index (χ2v) is 3.68. The first-order valence-corrected chi connectivity index (χ1v) is 5.00. The number of nitrogens with one attached hydrogen (secondary N) is 1. The Kier molecular flexibility index (Phi) is 4.62. The van der Waals surface area contributed by atoms with Gasteiger partial charge < -0.3 is 15.3 Å². The van der Waals surface area contributed by atoms with E-state index in [4.69, 9.17) is 5.11 Å². The molecule has 0 radical (unpaired) electrons. The normalized spacial score (nSPS) is 23.4. The van der Waals surface area contributed by atoms with Crippen molar-refractivity contribution in [1.82, 2.24) is 10.2 Å². The number of likely N-dealkylation sites (tertiary alicyclic amines) is 1. The minimum atomic E-state index is -0.884. The molecule has 1 unspecified atom stereocenters. The van der Waals surface area contributed by atoms with Crippen molar-refractivity contribution >= 4 is 5.97 Å². The summed E-state index contributed by atoms with van der Waals surface area (Å²) in [6.07, 6.45) is 5.32. The van der Waals surface area contributed by atoms with E-state index < -0.39 is 5.97 Å². The quantitative estimate of drug-likeness (QED) is 0.493. The number of nitrogens with zero attached hydrogens (tertiary/aromatic N) is 1. The van der Waals surface area contributed by atoms with Crippen LogP contribution in [0.4, 0.5) is 0 Å². The minimum absolute atomic E-state index is 0.619. The summed E-state index contributed by atoms with van der Waals surface area (Å²) < 4.78 is 0. The number of carboxylic acids is 1. The van der Waals surface area contributed by atoms with Gasteiger partial charge in [0.15, 0.2) is 0 Å². The maximum atomic E-state index is 10.1. The summed E-state index contributed by atoms with van der Waals surface area (Å²) >= 11 is 0. The number of likely N-dealkylation sites (N-methyl/N-ethyl adjacent to an activating group) is 1. The number of rotatable bonds is 5. The zero-order valence-electron chi connectivity index (χ0n) is 8.57. The first-order valence-electron chi connectivity index (χ1n) is 5.00. The van der Waals surface area contributed by atoms with E-state index in [0.717, 1.165) is 6.54 Å². The van der Waals surface area contributed by atoms with Crippen LogP contribution >= 0.6 is 0 Å². The second kappa shape index (κ2) is 5.78. The van der Waals surface area contributed by atoms with E-state index in [0.29, 0.717) is 12.6 Å². The predicted octanol–water partition coefficient (Wildman–Crippen LogP) is 0.311. The van der Waals surface area contributed by atoms with Crippen LogP contribution in [0.25, 0.3) is 0 Å². The zero-order valence-corrected chi connectivity index (χ0v) is 8.57. The van der Waals surface area contributed by atoms with E-state index in [2.05, 4.69) is 17.3 Å². The van der Waals surface area contributed by atoms with Crippen LogP contribution < -0.4 is 5.32 Å². The molecule has 4 nitrogen and oxygen atoms in total. The average Bonchev–Trinajstić information content (AvgIpc) is 2.51. The lowest BCUT2D eigenvalue weighted by atomic mass is 10.2. The Morgan fingerprint density at radius 1 is 1.71 bits per heavy atom. The monoisotopic (exact) mass is 198 g/mol. The van der Waals surface area contributed by atoms with Gasteiger partial charge in [-0.3, -0.25) is 0 Å². The van der Waals surface area contributed by atoms with Gasteiger partial charge in [-0.2, -0.15) is 0 Å². The Hall–Kier alpha value is -0.870. The fourth-order valence-electron chi connectivity index (χ4n) is 1.73. The first kappa shape index (κ1) is 11.2. The predicted molar refractivity (Wildman–Crippen MR) is 55.3 cm³/mol.